The number of nitrogens with zero attached hydrogens (tertiary/aromatic N) is 5. The summed E-state index contributed by atoms with van der Waals surface area (Å²) in [7, 11) is 0. The highest BCUT2D eigenvalue weighted by atomic mass is 16.3. The molecule has 13 aromatic rings. The molecule has 4 heterocycles. The Kier molecular flexibility index (Phi) is 6.56. The zero-order valence-electron chi connectivity index (χ0n) is 39.4. The first kappa shape index (κ1) is 29.6. The van der Waals surface area contributed by atoms with Gasteiger partial charge in [0, 0.05) is 54.6 Å². The maximum Gasteiger partial charge on any atom is 0.238 e. The van der Waals surface area contributed by atoms with E-state index in [0.29, 0.717) is 51.1 Å². The zero-order valence-corrected chi connectivity index (χ0v) is 33.4. The molecule has 0 N–H and O–H groups in total. The molecule has 0 bridgehead atoms. The van der Waals surface area contributed by atoms with Crippen LogP contribution in [0.1, 0.15) is 8.22 Å². The van der Waals surface area contributed by atoms with Crippen molar-refractivity contribution in [2.24, 2.45) is 0 Å². The van der Waals surface area contributed by atoms with Crippen LogP contribution in [-0.4, -0.2) is 24.1 Å². The average molecular weight is 812 g/mol. The van der Waals surface area contributed by atoms with Gasteiger partial charge in [-0.25, -0.2) is 4.98 Å². The molecule has 0 unspecified atom stereocenters. The van der Waals surface area contributed by atoms with E-state index in [4.69, 9.17) is 24.9 Å². The maximum atomic E-state index is 9.31. The summed E-state index contributed by atoms with van der Waals surface area (Å²) in [6.45, 7) is 0. The molecule has 0 radical (unpaired) electrons. The smallest absolute Gasteiger partial charge is 0.238 e. The molecule has 0 saturated carbocycles. The molecular weight excluding hydrogens is 771 g/mol. The molecule has 0 aliphatic carbocycles. The number of hydrogen-bond donors (Lipinski definition) is 0. The largest absolute Gasteiger partial charge is 0.455 e. The Balaban J connectivity index is 1.13. The Bertz CT molecular complexity index is 4210. The molecule has 0 aliphatic heterocycles. The summed E-state index contributed by atoms with van der Waals surface area (Å²) in [5, 5.41) is 4.29. The second-order valence-corrected chi connectivity index (χ2v) is 15.5. The second-order valence-electron chi connectivity index (χ2n) is 15.5. The standard InChI is InChI=1S/C57H35N5O/c1-3-17-36(18-4-1)39-25-16-31-51-53(39)45-24-9-13-30-49(45)62(51)57-59-55(37-19-5-2-6-20-37)58-56(60-57)38-33-34-50(61-47-28-11-7-21-40(47)41-22-8-12-29-48(41)61)46(35-38)44-27-15-26-43-42-23-10-14-32-52(42)63-54(43)44/h1-35H/i7D,8D,21D,22D,28D,29D. The number of fused-ring (bicyclic) bond motifs is 9. The topological polar surface area (TPSA) is 61.7 Å². The van der Waals surface area contributed by atoms with Gasteiger partial charge in [0.05, 0.1) is 36.0 Å². The number of aromatic nitrogens is 5. The van der Waals surface area contributed by atoms with Crippen LogP contribution in [0.3, 0.4) is 0 Å². The Morgan fingerprint density at radius 2 is 1.02 bits per heavy atom. The lowest BCUT2D eigenvalue weighted by atomic mass is 9.98. The van der Waals surface area contributed by atoms with E-state index in [0.717, 1.165) is 49.3 Å². The summed E-state index contributed by atoms with van der Waals surface area (Å²) in [6.07, 6.45) is 0. The first-order chi connectivity index (χ1) is 33.7. The predicted molar refractivity (Wildman–Crippen MR) is 258 cm³/mol. The summed E-state index contributed by atoms with van der Waals surface area (Å²) < 4.78 is 64.6. The molecule has 13 rings (SSSR count). The summed E-state index contributed by atoms with van der Waals surface area (Å²) >= 11 is 0. The molecule has 294 valence electrons. The second kappa shape index (κ2) is 14.0. The SMILES string of the molecule is [2H]c1cc([2H])c2c(c1[2H])c1c([2H])c([2H])cc([2H])c1n2-c1ccc(-c2nc(-c3ccccc3)nc(-n3c4ccccc4c4c(-c5ccccc5)cccc43)n2)cc1-c1cccc2c1oc1ccccc12. The van der Waals surface area contributed by atoms with Crippen molar-refractivity contribution in [1.29, 1.82) is 0 Å². The van der Waals surface area contributed by atoms with Crippen LogP contribution in [0, 0.1) is 0 Å². The molecule has 0 spiro atoms. The van der Waals surface area contributed by atoms with Gasteiger partial charge < -0.3 is 8.98 Å². The van der Waals surface area contributed by atoms with Gasteiger partial charge in [-0.3, -0.25) is 4.57 Å². The first-order valence-corrected chi connectivity index (χ1v) is 20.7. The Morgan fingerprint density at radius 1 is 0.397 bits per heavy atom. The number of benzene rings is 9. The Labute approximate surface area is 370 Å². The fourth-order valence-electron chi connectivity index (χ4n) is 9.20. The highest BCUT2D eigenvalue weighted by Gasteiger charge is 2.23. The molecule has 0 saturated heterocycles. The van der Waals surface area contributed by atoms with E-state index in [2.05, 4.69) is 47.0 Å². The number of furan rings is 1. The molecule has 6 nitrogen and oxygen atoms in total. The maximum absolute atomic E-state index is 9.31. The first-order valence-electron chi connectivity index (χ1n) is 23.7. The molecule has 0 atom stereocenters. The van der Waals surface area contributed by atoms with Crippen LogP contribution >= 0.6 is 0 Å². The molecule has 63 heavy (non-hydrogen) atoms. The van der Waals surface area contributed by atoms with Crippen LogP contribution in [0.5, 0.6) is 0 Å². The fraction of sp³-hybridized carbons (Fsp3) is 0. The van der Waals surface area contributed by atoms with Crippen molar-refractivity contribution < 1.29 is 12.6 Å². The fourth-order valence-corrected chi connectivity index (χ4v) is 9.20. The van der Waals surface area contributed by atoms with Crippen molar-refractivity contribution in [3.05, 3.63) is 212 Å². The van der Waals surface area contributed by atoms with E-state index in [1.54, 1.807) is 4.57 Å². The van der Waals surface area contributed by atoms with Crippen LogP contribution in [-0.2, 0) is 0 Å². The van der Waals surface area contributed by atoms with Crippen LogP contribution in [0.25, 0.3) is 122 Å². The highest BCUT2D eigenvalue weighted by molar-refractivity contribution is 6.16. The van der Waals surface area contributed by atoms with E-state index >= 15 is 0 Å². The molecular formula is C57H35N5O. The minimum absolute atomic E-state index is 0.0549. The lowest BCUT2D eigenvalue weighted by molar-refractivity contribution is 0.670. The van der Waals surface area contributed by atoms with E-state index < -0.39 is 0 Å². The predicted octanol–water partition coefficient (Wildman–Crippen LogP) is 14.6. The normalized spacial score (nSPS) is 13.1. The van der Waals surface area contributed by atoms with Gasteiger partial charge in [0.25, 0.3) is 0 Å². The summed E-state index contributed by atoms with van der Waals surface area (Å²) in [6, 6.07) is 56.1. The summed E-state index contributed by atoms with van der Waals surface area (Å²) in [5.74, 6) is 1.27. The quantitative estimate of drug-likeness (QED) is 0.168. The highest BCUT2D eigenvalue weighted by Crippen LogP contribution is 2.43. The van der Waals surface area contributed by atoms with Crippen molar-refractivity contribution in [2.75, 3.05) is 0 Å². The van der Waals surface area contributed by atoms with Gasteiger partial charge in [-0.15, -0.1) is 0 Å². The number of para-hydroxylation sites is 5. The lowest BCUT2D eigenvalue weighted by Crippen LogP contribution is -2.07. The molecule has 0 fully saturated rings. The van der Waals surface area contributed by atoms with Crippen LogP contribution in [0.2, 0.25) is 0 Å². The van der Waals surface area contributed by atoms with Crippen LogP contribution in [0.15, 0.2) is 217 Å². The van der Waals surface area contributed by atoms with Crippen LogP contribution in [0.4, 0.5) is 0 Å². The van der Waals surface area contributed by atoms with E-state index in [9.17, 15) is 2.74 Å². The number of rotatable bonds is 6. The van der Waals surface area contributed by atoms with Gasteiger partial charge in [-0.05, 0) is 59.6 Å². The van der Waals surface area contributed by atoms with Crippen molar-refractivity contribution in [2.45, 2.75) is 0 Å². The van der Waals surface area contributed by atoms with Crippen LogP contribution < -0.4 is 0 Å². The van der Waals surface area contributed by atoms with Crippen molar-refractivity contribution in [3.63, 3.8) is 0 Å². The molecule has 0 amide bonds. The summed E-state index contributed by atoms with van der Waals surface area (Å²) in [4.78, 5) is 15.7. The Morgan fingerprint density at radius 3 is 1.79 bits per heavy atom. The van der Waals surface area contributed by atoms with Gasteiger partial charge >= 0.3 is 0 Å². The Hall–Kier alpha value is -8.61. The van der Waals surface area contributed by atoms with Gasteiger partial charge in [0.15, 0.2) is 11.6 Å². The van der Waals surface area contributed by atoms with Gasteiger partial charge in [0.1, 0.15) is 11.2 Å². The lowest BCUT2D eigenvalue weighted by Gasteiger charge is -2.16. The summed E-state index contributed by atoms with van der Waals surface area (Å²) in [5.41, 5.74) is 9.15. The van der Waals surface area contributed by atoms with E-state index in [-0.39, 0.29) is 58.1 Å². The third-order valence-electron chi connectivity index (χ3n) is 12.0. The number of hydrogen-bond acceptors (Lipinski definition) is 4. The monoisotopic (exact) mass is 811 g/mol. The molecule has 9 aromatic carbocycles. The van der Waals surface area contributed by atoms with Crippen molar-refractivity contribution in [3.8, 4) is 56.7 Å². The third-order valence-corrected chi connectivity index (χ3v) is 12.0. The molecule has 4 aromatic heterocycles. The minimum atomic E-state index is -0.187. The van der Waals surface area contributed by atoms with Crippen molar-refractivity contribution in [1.82, 2.24) is 24.1 Å². The average Bonchev–Trinajstić information content (AvgIpc) is 4.07. The van der Waals surface area contributed by atoms with E-state index in [1.165, 1.54) is 12.1 Å². The van der Waals surface area contributed by atoms with Crippen molar-refractivity contribution >= 4 is 65.6 Å². The minimum Gasteiger partial charge on any atom is -0.455 e. The van der Waals surface area contributed by atoms with Gasteiger partial charge in [-0.1, -0.05) is 164 Å². The van der Waals surface area contributed by atoms with E-state index in [1.807, 2.05) is 121 Å². The van der Waals surface area contributed by atoms with Gasteiger partial charge in [0.2, 0.25) is 5.95 Å². The zero-order chi connectivity index (χ0) is 46.7. The third kappa shape index (κ3) is 5.48. The molecule has 6 heteroatoms. The molecule has 0 aliphatic rings. The van der Waals surface area contributed by atoms with Gasteiger partial charge in [-0.2, -0.15) is 9.97 Å².